The number of benzene rings is 1. The molecule has 10 heteroatoms. The summed E-state index contributed by atoms with van der Waals surface area (Å²) in [6, 6.07) is 9.15. The number of anilines is 1. The van der Waals surface area contributed by atoms with E-state index in [1.807, 2.05) is 24.3 Å². The van der Waals surface area contributed by atoms with E-state index < -0.39 is 10.0 Å². The Hall–Kier alpha value is -2.85. The van der Waals surface area contributed by atoms with Gasteiger partial charge in [0.05, 0.1) is 7.11 Å². The highest BCUT2D eigenvalue weighted by Crippen LogP contribution is 2.25. The third kappa shape index (κ3) is 3.38. The van der Waals surface area contributed by atoms with Gasteiger partial charge >= 0.3 is 0 Å². The van der Waals surface area contributed by atoms with E-state index >= 15 is 0 Å². The summed E-state index contributed by atoms with van der Waals surface area (Å²) in [6.45, 7) is 3.60. The average Bonchev–Trinajstić information content (AvgIpc) is 3.19. The monoisotopic (exact) mass is 417 g/mol. The van der Waals surface area contributed by atoms with E-state index in [4.69, 9.17) is 4.74 Å². The van der Waals surface area contributed by atoms with Gasteiger partial charge in [-0.2, -0.15) is 9.40 Å². The highest BCUT2D eigenvalue weighted by molar-refractivity contribution is 7.89. The quantitative estimate of drug-likeness (QED) is 0.626. The summed E-state index contributed by atoms with van der Waals surface area (Å²) in [5.41, 5.74) is 0.967. The fraction of sp³-hybridized carbons (Fsp3) is 0.368. The van der Waals surface area contributed by atoms with Crippen molar-refractivity contribution in [2.24, 2.45) is 7.05 Å². The maximum atomic E-state index is 13.2. The molecule has 1 aliphatic rings. The smallest absolute Gasteiger partial charge is 0.290 e. The normalized spacial score (nSPS) is 15.8. The molecule has 0 N–H and O–H groups in total. The standard InChI is InChI=1S/C19H23N5O4S/c1-14-20-21(2)19(25)18-12-17(13-24(14)18)29(26,27)23-9-7-22(8-10-23)15-5-4-6-16(11-15)28-3/h4-6,11-13H,7-10H2,1-3H3. The Balaban J connectivity index is 1.58. The number of aromatic nitrogens is 3. The first-order valence-electron chi connectivity index (χ1n) is 9.26. The van der Waals surface area contributed by atoms with Crippen LogP contribution in [0.4, 0.5) is 5.69 Å². The van der Waals surface area contributed by atoms with Gasteiger partial charge in [-0.25, -0.2) is 13.1 Å². The number of hydrogen-bond donors (Lipinski definition) is 0. The number of aryl methyl sites for hydroxylation is 2. The third-order valence-electron chi connectivity index (χ3n) is 5.25. The SMILES string of the molecule is COc1cccc(N2CCN(S(=O)(=O)c3cc4c(=O)n(C)nc(C)n4c3)CC2)c1. The Kier molecular flexibility index (Phi) is 4.83. The number of nitrogens with zero attached hydrogens (tertiary/aromatic N) is 5. The van der Waals surface area contributed by atoms with E-state index in [1.165, 1.54) is 25.7 Å². The molecule has 4 rings (SSSR count). The molecule has 0 bridgehead atoms. The predicted molar refractivity (Wildman–Crippen MR) is 109 cm³/mol. The van der Waals surface area contributed by atoms with E-state index in [-0.39, 0.29) is 10.5 Å². The predicted octanol–water partition coefficient (Wildman–Crippen LogP) is 0.861. The largest absolute Gasteiger partial charge is 0.497 e. The first-order chi connectivity index (χ1) is 13.8. The molecule has 0 radical (unpaired) electrons. The van der Waals surface area contributed by atoms with Crippen LogP contribution in [0.1, 0.15) is 5.82 Å². The minimum atomic E-state index is -3.70. The zero-order chi connectivity index (χ0) is 20.8. The first kappa shape index (κ1) is 19.5. The lowest BCUT2D eigenvalue weighted by molar-refractivity contribution is 0.384. The number of methoxy groups -OCH3 is 1. The summed E-state index contributed by atoms with van der Waals surface area (Å²) in [4.78, 5) is 14.5. The number of fused-ring (bicyclic) bond motifs is 1. The topological polar surface area (TPSA) is 89.1 Å². The maximum absolute atomic E-state index is 13.2. The van der Waals surface area contributed by atoms with Gasteiger partial charge in [-0.05, 0) is 25.1 Å². The van der Waals surface area contributed by atoms with Crippen molar-refractivity contribution in [1.82, 2.24) is 18.5 Å². The first-order valence-corrected chi connectivity index (χ1v) is 10.7. The van der Waals surface area contributed by atoms with Crippen molar-refractivity contribution < 1.29 is 13.2 Å². The number of hydrogen-bond acceptors (Lipinski definition) is 6. The molecule has 29 heavy (non-hydrogen) atoms. The average molecular weight is 417 g/mol. The Labute approximate surface area is 168 Å². The van der Waals surface area contributed by atoms with Crippen molar-refractivity contribution in [2.75, 3.05) is 38.2 Å². The van der Waals surface area contributed by atoms with Gasteiger partial charge in [-0.15, -0.1) is 0 Å². The molecular weight excluding hydrogens is 394 g/mol. The molecule has 0 unspecified atom stereocenters. The van der Waals surface area contributed by atoms with E-state index in [1.54, 1.807) is 21.1 Å². The van der Waals surface area contributed by atoms with Gasteiger partial charge in [-0.1, -0.05) is 6.07 Å². The van der Waals surface area contributed by atoms with Crippen LogP contribution in [0.3, 0.4) is 0 Å². The summed E-state index contributed by atoms with van der Waals surface area (Å²) in [6.07, 6.45) is 1.48. The molecule has 0 amide bonds. The van der Waals surface area contributed by atoms with E-state index in [0.29, 0.717) is 37.5 Å². The lowest BCUT2D eigenvalue weighted by atomic mass is 10.2. The highest BCUT2D eigenvalue weighted by Gasteiger charge is 2.30. The third-order valence-corrected chi connectivity index (χ3v) is 7.11. The van der Waals surface area contributed by atoms with Crippen molar-refractivity contribution in [3.63, 3.8) is 0 Å². The second-order valence-corrected chi connectivity index (χ2v) is 8.94. The van der Waals surface area contributed by atoms with Gasteiger partial charge in [0.15, 0.2) is 0 Å². The second-order valence-electron chi connectivity index (χ2n) is 7.00. The van der Waals surface area contributed by atoms with Crippen molar-refractivity contribution >= 4 is 21.2 Å². The molecular formula is C19H23N5O4S. The number of sulfonamides is 1. The molecule has 1 fully saturated rings. The molecule has 3 aromatic rings. The van der Waals surface area contributed by atoms with Crippen LogP contribution in [0.15, 0.2) is 46.2 Å². The van der Waals surface area contributed by atoms with Crippen LogP contribution < -0.4 is 15.2 Å². The zero-order valence-electron chi connectivity index (χ0n) is 16.6. The van der Waals surface area contributed by atoms with Gasteiger partial charge in [0.1, 0.15) is 22.0 Å². The molecule has 2 aromatic heterocycles. The molecule has 1 aromatic carbocycles. The molecule has 0 saturated carbocycles. The summed E-state index contributed by atoms with van der Waals surface area (Å²) in [7, 11) is -0.533. The Morgan fingerprint density at radius 3 is 2.52 bits per heavy atom. The Morgan fingerprint density at radius 2 is 1.83 bits per heavy atom. The van der Waals surface area contributed by atoms with Gasteiger partial charge in [-0.3, -0.25) is 9.20 Å². The number of rotatable bonds is 4. The summed E-state index contributed by atoms with van der Waals surface area (Å²) in [5, 5.41) is 4.11. The van der Waals surface area contributed by atoms with Crippen LogP contribution in [-0.4, -0.2) is 60.2 Å². The summed E-state index contributed by atoms with van der Waals surface area (Å²) in [5.74, 6) is 1.31. The van der Waals surface area contributed by atoms with Crippen molar-refractivity contribution in [3.8, 4) is 5.75 Å². The van der Waals surface area contributed by atoms with Crippen LogP contribution in [0.2, 0.25) is 0 Å². The molecule has 0 atom stereocenters. The molecule has 9 nitrogen and oxygen atoms in total. The molecule has 3 heterocycles. The van der Waals surface area contributed by atoms with Gasteiger partial charge < -0.3 is 9.64 Å². The molecule has 0 spiro atoms. The second kappa shape index (κ2) is 7.20. The van der Waals surface area contributed by atoms with Crippen LogP contribution in [0, 0.1) is 6.92 Å². The fourth-order valence-electron chi connectivity index (χ4n) is 3.63. The van der Waals surface area contributed by atoms with Crippen LogP contribution >= 0.6 is 0 Å². The van der Waals surface area contributed by atoms with Crippen LogP contribution in [-0.2, 0) is 17.1 Å². The van der Waals surface area contributed by atoms with Gasteiger partial charge in [0.25, 0.3) is 5.56 Å². The zero-order valence-corrected chi connectivity index (χ0v) is 17.4. The lowest BCUT2D eigenvalue weighted by Crippen LogP contribution is -2.48. The van der Waals surface area contributed by atoms with Crippen LogP contribution in [0.25, 0.3) is 5.52 Å². The maximum Gasteiger partial charge on any atom is 0.290 e. The van der Waals surface area contributed by atoms with E-state index in [0.717, 1.165) is 11.4 Å². The highest BCUT2D eigenvalue weighted by atomic mass is 32.2. The van der Waals surface area contributed by atoms with Crippen LogP contribution in [0.5, 0.6) is 5.75 Å². The molecule has 1 aliphatic heterocycles. The minimum Gasteiger partial charge on any atom is -0.497 e. The summed E-state index contributed by atoms with van der Waals surface area (Å²) >= 11 is 0. The minimum absolute atomic E-state index is 0.112. The Bertz CT molecular complexity index is 1220. The fourth-order valence-corrected chi connectivity index (χ4v) is 5.07. The Morgan fingerprint density at radius 1 is 1.10 bits per heavy atom. The number of piperazine rings is 1. The van der Waals surface area contributed by atoms with Crippen molar-refractivity contribution in [1.29, 1.82) is 0 Å². The van der Waals surface area contributed by atoms with Crippen molar-refractivity contribution in [2.45, 2.75) is 11.8 Å². The van der Waals surface area contributed by atoms with E-state index in [2.05, 4.69) is 10.00 Å². The number of ether oxygens (including phenoxy) is 1. The van der Waals surface area contributed by atoms with Gasteiger partial charge in [0.2, 0.25) is 10.0 Å². The molecule has 1 saturated heterocycles. The molecule has 0 aliphatic carbocycles. The van der Waals surface area contributed by atoms with E-state index in [9.17, 15) is 13.2 Å². The van der Waals surface area contributed by atoms with Crippen molar-refractivity contribution in [3.05, 3.63) is 52.7 Å². The lowest BCUT2D eigenvalue weighted by Gasteiger charge is -2.35. The molecule has 154 valence electrons. The van der Waals surface area contributed by atoms with Gasteiger partial charge in [0, 0.05) is 51.2 Å². The summed E-state index contributed by atoms with van der Waals surface area (Å²) < 4.78 is 35.8.